The first kappa shape index (κ1) is 34.1. The van der Waals surface area contributed by atoms with Crippen LogP contribution in [0.4, 0.5) is 17.1 Å². The smallest absolute Gasteiger partial charge is 0.0547 e. The number of benzene rings is 9. The Labute approximate surface area is 338 Å². The summed E-state index contributed by atoms with van der Waals surface area (Å²) < 4.78 is 2.63. The van der Waals surface area contributed by atoms with Crippen LogP contribution in [0.3, 0.4) is 0 Å². The Morgan fingerprint density at radius 3 is 1.88 bits per heavy atom. The topological polar surface area (TPSA) is 3.24 Å². The zero-order valence-electron chi connectivity index (χ0n) is 33.0. The maximum absolute atomic E-state index is 2.56. The monoisotopic (exact) mass is 749 g/mol. The molecule has 57 heavy (non-hydrogen) atoms. The summed E-state index contributed by atoms with van der Waals surface area (Å²) in [4.78, 5) is 2.56. The Morgan fingerprint density at radius 2 is 1.09 bits per heavy atom. The van der Waals surface area contributed by atoms with E-state index in [2.05, 4.69) is 209 Å². The van der Waals surface area contributed by atoms with E-state index in [-0.39, 0.29) is 10.8 Å². The molecule has 0 amide bonds. The van der Waals surface area contributed by atoms with E-state index in [1.54, 1.807) is 0 Å². The van der Waals surface area contributed by atoms with Crippen molar-refractivity contribution >= 4 is 80.9 Å². The fourth-order valence-corrected chi connectivity index (χ4v) is 11.0. The average molecular weight is 750 g/mol. The largest absolute Gasteiger partial charge is 0.309 e. The van der Waals surface area contributed by atoms with Crippen molar-refractivity contribution in [1.82, 2.24) is 0 Å². The minimum atomic E-state index is -0.121. The minimum Gasteiger partial charge on any atom is -0.309 e. The highest BCUT2D eigenvalue weighted by atomic mass is 32.1. The lowest BCUT2D eigenvalue weighted by atomic mass is 9.82. The lowest BCUT2D eigenvalue weighted by Crippen LogP contribution is -2.16. The Balaban J connectivity index is 1.25. The lowest BCUT2D eigenvalue weighted by Gasteiger charge is -2.32. The predicted molar refractivity (Wildman–Crippen MR) is 248 cm³/mol. The van der Waals surface area contributed by atoms with Gasteiger partial charge in [0.15, 0.2) is 0 Å². The summed E-state index contributed by atoms with van der Waals surface area (Å²) in [6, 6.07) is 64.0. The molecule has 1 aromatic heterocycles. The van der Waals surface area contributed by atoms with Crippen LogP contribution in [0.2, 0.25) is 0 Å². The maximum Gasteiger partial charge on any atom is 0.0547 e. The van der Waals surface area contributed by atoms with Crippen LogP contribution in [0.1, 0.15) is 51.3 Å². The fourth-order valence-electron chi connectivity index (χ4n) is 9.78. The zero-order valence-corrected chi connectivity index (χ0v) is 33.8. The second-order valence-corrected chi connectivity index (χ2v) is 18.4. The molecule has 0 saturated heterocycles. The second kappa shape index (κ2) is 12.4. The summed E-state index contributed by atoms with van der Waals surface area (Å²) in [6.45, 7) is 11.7. The van der Waals surface area contributed by atoms with Gasteiger partial charge in [-0.2, -0.15) is 0 Å². The van der Waals surface area contributed by atoms with Crippen LogP contribution in [-0.4, -0.2) is 0 Å². The lowest BCUT2D eigenvalue weighted by molar-refractivity contribution is 0.596. The Bertz CT molecular complexity index is 3260. The van der Waals surface area contributed by atoms with Crippen molar-refractivity contribution in [3.05, 3.63) is 187 Å². The normalized spacial score (nSPS) is 13.5. The molecule has 0 N–H and O–H groups in total. The van der Waals surface area contributed by atoms with Crippen molar-refractivity contribution in [2.75, 3.05) is 4.90 Å². The van der Waals surface area contributed by atoms with Gasteiger partial charge in [-0.25, -0.2) is 0 Å². The molecule has 1 heterocycles. The SMILES string of the molecule is CC(C)(C)c1ccc(N(c2ccc3c(c2)-c2cc4ccccc4cc2C3(C)C)c2ccc3ccccc3c2-c2cccc3c2sc2ccccc23)c2ccccc12. The van der Waals surface area contributed by atoms with Gasteiger partial charge in [-0.15, -0.1) is 11.3 Å². The standard InChI is InChI=1S/C55H43NS/c1-54(2,3)46-28-30-49(40-20-11-10-19-39(40)46)56(37-26-27-47-45(33-37)44-31-35-16-6-7-17-36(35)32-48(44)55(47,4)5)50-29-25-34-15-8-9-18-38(34)52(50)43-23-14-22-42-41-21-12-13-24-51(41)57-53(42)43/h6-33H,1-5H3. The van der Waals surface area contributed by atoms with Crippen LogP contribution in [-0.2, 0) is 10.8 Å². The molecule has 1 nitrogen and oxygen atoms in total. The fraction of sp³-hybridized carbons (Fsp3) is 0.127. The molecule has 1 aliphatic rings. The van der Waals surface area contributed by atoms with Gasteiger partial charge >= 0.3 is 0 Å². The molecule has 1 aliphatic carbocycles. The number of hydrogen-bond donors (Lipinski definition) is 0. The summed E-state index contributed by atoms with van der Waals surface area (Å²) in [5.41, 5.74) is 12.6. The summed E-state index contributed by atoms with van der Waals surface area (Å²) in [5.74, 6) is 0. The third-order valence-corrected chi connectivity index (χ3v) is 13.8. The minimum absolute atomic E-state index is 0.0144. The van der Waals surface area contributed by atoms with Gasteiger partial charge in [-0.05, 0) is 103 Å². The molecule has 0 aliphatic heterocycles. The number of rotatable bonds is 4. The average Bonchev–Trinajstić information content (AvgIpc) is 3.71. The highest BCUT2D eigenvalue weighted by Crippen LogP contribution is 2.54. The third-order valence-electron chi connectivity index (χ3n) is 12.6. The van der Waals surface area contributed by atoms with Crippen LogP contribution in [0.15, 0.2) is 170 Å². The van der Waals surface area contributed by atoms with Crippen LogP contribution < -0.4 is 4.90 Å². The molecule has 0 saturated carbocycles. The van der Waals surface area contributed by atoms with Gasteiger partial charge < -0.3 is 4.90 Å². The van der Waals surface area contributed by atoms with E-state index < -0.39 is 0 Å². The van der Waals surface area contributed by atoms with E-state index in [1.807, 2.05) is 11.3 Å². The molecule has 9 aromatic carbocycles. The first-order valence-electron chi connectivity index (χ1n) is 20.1. The molecule has 0 spiro atoms. The van der Waals surface area contributed by atoms with E-state index in [0.29, 0.717) is 0 Å². The number of fused-ring (bicyclic) bond motifs is 9. The van der Waals surface area contributed by atoms with Crippen molar-refractivity contribution in [2.45, 2.75) is 45.4 Å². The van der Waals surface area contributed by atoms with Crippen molar-refractivity contribution in [3.63, 3.8) is 0 Å². The first-order valence-corrected chi connectivity index (χ1v) is 20.9. The van der Waals surface area contributed by atoms with Crippen LogP contribution in [0, 0.1) is 0 Å². The van der Waals surface area contributed by atoms with Crippen LogP contribution in [0.5, 0.6) is 0 Å². The predicted octanol–water partition coefficient (Wildman–Crippen LogP) is 16.3. The van der Waals surface area contributed by atoms with Gasteiger partial charge in [0.2, 0.25) is 0 Å². The van der Waals surface area contributed by atoms with Crippen LogP contribution >= 0.6 is 11.3 Å². The van der Waals surface area contributed by atoms with Crippen LogP contribution in [0.25, 0.3) is 74.7 Å². The number of anilines is 3. The number of thiophene rings is 1. The number of nitrogens with zero attached hydrogens (tertiary/aromatic N) is 1. The van der Waals surface area contributed by atoms with Gasteiger partial charge in [0, 0.05) is 47.8 Å². The molecular weight excluding hydrogens is 707 g/mol. The molecule has 0 fully saturated rings. The Kier molecular flexibility index (Phi) is 7.40. The first-order chi connectivity index (χ1) is 27.7. The van der Waals surface area contributed by atoms with E-state index in [4.69, 9.17) is 0 Å². The Hall–Kier alpha value is -6.22. The summed E-state index contributed by atoms with van der Waals surface area (Å²) in [5, 5.41) is 10.2. The van der Waals surface area contributed by atoms with Gasteiger partial charge in [0.1, 0.15) is 0 Å². The maximum atomic E-state index is 2.56. The molecular formula is C55H43NS. The highest BCUT2D eigenvalue weighted by molar-refractivity contribution is 7.26. The van der Waals surface area contributed by atoms with Gasteiger partial charge in [-0.3, -0.25) is 0 Å². The molecule has 0 bridgehead atoms. The molecule has 0 unspecified atom stereocenters. The second-order valence-electron chi connectivity index (χ2n) is 17.3. The third kappa shape index (κ3) is 5.13. The van der Waals surface area contributed by atoms with E-state index >= 15 is 0 Å². The zero-order chi connectivity index (χ0) is 38.6. The van der Waals surface area contributed by atoms with E-state index in [0.717, 1.165) is 5.69 Å². The molecule has 0 atom stereocenters. The molecule has 10 aromatic rings. The molecule has 2 heteroatoms. The summed E-state index contributed by atoms with van der Waals surface area (Å²) >= 11 is 1.90. The van der Waals surface area contributed by atoms with Crippen molar-refractivity contribution < 1.29 is 0 Å². The highest BCUT2D eigenvalue weighted by Gasteiger charge is 2.36. The quantitative estimate of drug-likeness (QED) is 0.173. The summed E-state index contributed by atoms with van der Waals surface area (Å²) in [6.07, 6.45) is 0. The Morgan fingerprint density at radius 1 is 0.456 bits per heavy atom. The van der Waals surface area contributed by atoms with Crippen molar-refractivity contribution in [3.8, 4) is 22.3 Å². The van der Waals surface area contributed by atoms with Gasteiger partial charge in [-0.1, -0.05) is 162 Å². The van der Waals surface area contributed by atoms with Crippen molar-refractivity contribution in [1.29, 1.82) is 0 Å². The number of hydrogen-bond acceptors (Lipinski definition) is 2. The van der Waals surface area contributed by atoms with Gasteiger partial charge in [0.25, 0.3) is 0 Å². The van der Waals surface area contributed by atoms with Crippen molar-refractivity contribution in [2.24, 2.45) is 0 Å². The van der Waals surface area contributed by atoms with E-state index in [1.165, 1.54) is 103 Å². The van der Waals surface area contributed by atoms with E-state index in [9.17, 15) is 0 Å². The molecule has 274 valence electrons. The van der Waals surface area contributed by atoms with Gasteiger partial charge in [0.05, 0.1) is 11.4 Å². The molecule has 11 rings (SSSR count). The molecule has 0 radical (unpaired) electrons. The summed E-state index contributed by atoms with van der Waals surface area (Å²) in [7, 11) is 0.